The fourth-order valence-electron chi connectivity index (χ4n) is 1.78. The van der Waals surface area contributed by atoms with Gasteiger partial charge in [-0.1, -0.05) is 30.3 Å². The van der Waals surface area contributed by atoms with Crippen molar-refractivity contribution in [1.29, 1.82) is 0 Å². The van der Waals surface area contributed by atoms with Gasteiger partial charge in [0.25, 0.3) is 0 Å². The van der Waals surface area contributed by atoms with E-state index in [1.807, 2.05) is 0 Å². The van der Waals surface area contributed by atoms with Crippen LogP contribution in [0.4, 0.5) is 0 Å². The zero-order valence-electron chi connectivity index (χ0n) is 9.88. The van der Waals surface area contributed by atoms with E-state index in [0.717, 1.165) is 0 Å². The Hall–Kier alpha value is -2.43. The molecule has 0 aliphatic heterocycles. The number of nitrogens with one attached hydrogen (secondary N) is 1. The zero-order valence-corrected chi connectivity index (χ0v) is 9.88. The summed E-state index contributed by atoms with van der Waals surface area (Å²) in [6, 6.07) is 10.2. The summed E-state index contributed by atoms with van der Waals surface area (Å²) in [5.74, 6) is -1.06. The molecule has 5 nitrogen and oxygen atoms in total. The van der Waals surface area contributed by atoms with Gasteiger partial charge in [0.2, 0.25) is 5.91 Å². The van der Waals surface area contributed by atoms with Crippen LogP contribution in [0.5, 0.6) is 0 Å². The van der Waals surface area contributed by atoms with Gasteiger partial charge in [-0.3, -0.25) is 14.7 Å². The molecule has 0 aliphatic rings. The van der Waals surface area contributed by atoms with Crippen LogP contribution < -0.4 is 5.73 Å². The van der Waals surface area contributed by atoms with Gasteiger partial charge in [-0.05, 0) is 13.0 Å². The molecule has 0 saturated heterocycles. The molecule has 2 rings (SSSR count). The van der Waals surface area contributed by atoms with Crippen molar-refractivity contribution in [3.05, 3.63) is 53.9 Å². The zero-order chi connectivity index (χ0) is 13.2. The topological polar surface area (TPSA) is 88.8 Å². The largest absolute Gasteiger partial charge is 0.368 e. The van der Waals surface area contributed by atoms with E-state index in [4.69, 9.17) is 5.73 Å². The monoisotopic (exact) mass is 243 g/mol. The predicted molar refractivity (Wildman–Crippen MR) is 65.9 cm³/mol. The Morgan fingerprint density at radius 2 is 1.89 bits per heavy atom. The molecule has 3 N–H and O–H groups in total. The maximum atomic E-state index is 12.5. The predicted octanol–water partition coefficient (Wildman–Crippen LogP) is 1.04. The SMILES string of the molecule is CC(C(N)=O)(C(=O)c1ccccc1)c1ccn[nH]1. The summed E-state index contributed by atoms with van der Waals surface area (Å²) < 4.78 is 0. The van der Waals surface area contributed by atoms with Crippen molar-refractivity contribution in [1.82, 2.24) is 10.2 Å². The van der Waals surface area contributed by atoms with E-state index in [1.165, 1.54) is 13.1 Å². The first kappa shape index (κ1) is 12.0. The molecule has 92 valence electrons. The number of Topliss-reactive ketones (excluding diaryl/α,β-unsaturated/α-hetero) is 1. The highest BCUT2D eigenvalue weighted by atomic mass is 16.2. The van der Waals surface area contributed by atoms with Gasteiger partial charge >= 0.3 is 0 Å². The Morgan fingerprint density at radius 1 is 1.22 bits per heavy atom. The quantitative estimate of drug-likeness (QED) is 0.621. The lowest BCUT2D eigenvalue weighted by Crippen LogP contribution is -2.45. The van der Waals surface area contributed by atoms with E-state index in [2.05, 4.69) is 10.2 Å². The summed E-state index contributed by atoms with van der Waals surface area (Å²) in [5, 5.41) is 6.40. The van der Waals surface area contributed by atoms with Crippen LogP contribution in [0.1, 0.15) is 23.0 Å². The third-order valence-electron chi connectivity index (χ3n) is 3.02. The third-order valence-corrected chi connectivity index (χ3v) is 3.02. The van der Waals surface area contributed by atoms with E-state index < -0.39 is 11.3 Å². The summed E-state index contributed by atoms with van der Waals surface area (Å²) >= 11 is 0. The number of aromatic amines is 1. The number of amides is 1. The van der Waals surface area contributed by atoms with Gasteiger partial charge in [-0.25, -0.2) is 0 Å². The Kier molecular flexibility index (Phi) is 2.97. The second-order valence-corrected chi connectivity index (χ2v) is 4.15. The number of nitrogens with two attached hydrogens (primary N) is 1. The molecule has 1 heterocycles. The van der Waals surface area contributed by atoms with Crippen molar-refractivity contribution < 1.29 is 9.59 Å². The van der Waals surface area contributed by atoms with Crippen LogP contribution in [-0.2, 0) is 10.2 Å². The summed E-state index contributed by atoms with van der Waals surface area (Å²) in [4.78, 5) is 24.1. The van der Waals surface area contributed by atoms with Gasteiger partial charge in [0, 0.05) is 11.8 Å². The number of carbonyl (C=O) groups is 2. The molecule has 1 aromatic carbocycles. The Morgan fingerprint density at radius 3 is 2.39 bits per heavy atom. The van der Waals surface area contributed by atoms with Crippen molar-refractivity contribution in [2.24, 2.45) is 5.73 Å². The minimum absolute atomic E-state index is 0.347. The molecular weight excluding hydrogens is 230 g/mol. The van der Waals surface area contributed by atoms with Crippen molar-refractivity contribution in [2.75, 3.05) is 0 Å². The molecule has 0 radical (unpaired) electrons. The lowest BCUT2D eigenvalue weighted by Gasteiger charge is -2.22. The van der Waals surface area contributed by atoms with Gasteiger partial charge in [-0.2, -0.15) is 5.10 Å². The Labute approximate surface area is 104 Å². The second-order valence-electron chi connectivity index (χ2n) is 4.15. The van der Waals surface area contributed by atoms with Gasteiger partial charge in [-0.15, -0.1) is 0 Å². The first-order valence-electron chi connectivity index (χ1n) is 5.46. The number of rotatable bonds is 4. The fraction of sp³-hybridized carbons (Fsp3) is 0.154. The minimum Gasteiger partial charge on any atom is -0.368 e. The minimum atomic E-state index is -1.43. The number of benzene rings is 1. The van der Waals surface area contributed by atoms with E-state index in [0.29, 0.717) is 11.3 Å². The average Bonchev–Trinajstić information content (AvgIpc) is 2.92. The number of aromatic nitrogens is 2. The number of primary amides is 1. The van der Waals surface area contributed by atoms with E-state index >= 15 is 0 Å². The van der Waals surface area contributed by atoms with Crippen molar-refractivity contribution in [3.63, 3.8) is 0 Å². The number of nitrogens with zero attached hydrogens (tertiary/aromatic N) is 1. The molecule has 1 amide bonds. The third kappa shape index (κ3) is 1.79. The van der Waals surface area contributed by atoms with Crippen molar-refractivity contribution >= 4 is 11.7 Å². The van der Waals surface area contributed by atoms with Crippen LogP contribution >= 0.6 is 0 Å². The highest BCUT2D eigenvalue weighted by molar-refractivity contribution is 6.17. The van der Waals surface area contributed by atoms with Crippen LogP contribution in [0.15, 0.2) is 42.6 Å². The maximum Gasteiger partial charge on any atom is 0.237 e. The number of hydrogen-bond acceptors (Lipinski definition) is 3. The van der Waals surface area contributed by atoms with Crippen molar-refractivity contribution in [2.45, 2.75) is 12.3 Å². The summed E-state index contributed by atoms with van der Waals surface area (Å²) in [7, 11) is 0. The lowest BCUT2D eigenvalue weighted by atomic mass is 9.78. The van der Waals surface area contributed by atoms with Gasteiger partial charge in [0.15, 0.2) is 11.2 Å². The molecule has 1 aromatic heterocycles. The molecule has 2 aromatic rings. The van der Waals surface area contributed by atoms with Gasteiger partial charge in [0.05, 0.1) is 5.69 Å². The van der Waals surface area contributed by atoms with Crippen LogP contribution in [0.25, 0.3) is 0 Å². The normalized spacial score (nSPS) is 13.8. The van der Waals surface area contributed by atoms with Crippen LogP contribution in [0.2, 0.25) is 0 Å². The van der Waals surface area contributed by atoms with Crippen molar-refractivity contribution in [3.8, 4) is 0 Å². The van der Waals surface area contributed by atoms with Crippen LogP contribution in [0, 0.1) is 0 Å². The average molecular weight is 243 g/mol. The molecule has 5 heteroatoms. The van der Waals surface area contributed by atoms with Gasteiger partial charge in [0.1, 0.15) is 0 Å². The van der Waals surface area contributed by atoms with E-state index in [9.17, 15) is 9.59 Å². The molecule has 0 fully saturated rings. The first-order chi connectivity index (χ1) is 8.56. The molecule has 18 heavy (non-hydrogen) atoms. The first-order valence-corrected chi connectivity index (χ1v) is 5.46. The molecule has 0 aliphatic carbocycles. The number of carbonyl (C=O) groups excluding carboxylic acids is 2. The smallest absolute Gasteiger partial charge is 0.237 e. The molecular formula is C13H13N3O2. The van der Waals surface area contributed by atoms with E-state index in [1.54, 1.807) is 36.4 Å². The fourth-order valence-corrected chi connectivity index (χ4v) is 1.78. The molecule has 0 bridgehead atoms. The molecule has 0 saturated carbocycles. The number of hydrogen-bond donors (Lipinski definition) is 2. The van der Waals surface area contributed by atoms with E-state index in [-0.39, 0.29) is 5.78 Å². The Balaban J connectivity index is 2.50. The van der Waals surface area contributed by atoms with Gasteiger partial charge < -0.3 is 5.73 Å². The molecule has 1 atom stereocenters. The highest BCUT2D eigenvalue weighted by Crippen LogP contribution is 2.26. The van der Waals surface area contributed by atoms with Crippen LogP contribution in [0.3, 0.4) is 0 Å². The second kappa shape index (κ2) is 4.44. The summed E-state index contributed by atoms with van der Waals surface area (Å²) in [6.45, 7) is 1.50. The molecule has 0 spiro atoms. The number of ketones is 1. The van der Waals surface area contributed by atoms with Crippen LogP contribution in [-0.4, -0.2) is 21.9 Å². The lowest BCUT2D eigenvalue weighted by molar-refractivity contribution is -0.121. The summed E-state index contributed by atoms with van der Waals surface area (Å²) in [5.41, 5.74) is 4.79. The maximum absolute atomic E-state index is 12.5. The summed E-state index contributed by atoms with van der Waals surface area (Å²) in [6.07, 6.45) is 1.48. The standard InChI is InChI=1S/C13H13N3O2/c1-13(12(14)18,10-7-8-15-16-10)11(17)9-5-3-2-4-6-9/h2-8H,1H3,(H2,14,18)(H,15,16). The molecule has 1 unspecified atom stereocenters. The number of H-pyrrole nitrogens is 1. The Bertz CT molecular complexity index is 563. The highest BCUT2D eigenvalue weighted by Gasteiger charge is 2.42.